The summed E-state index contributed by atoms with van der Waals surface area (Å²) in [5.41, 5.74) is -0.195. The average Bonchev–Trinajstić information content (AvgIpc) is 3.00. The smallest absolute Gasteiger partial charge is 0.308 e. The summed E-state index contributed by atoms with van der Waals surface area (Å²) in [5, 5.41) is 11.4. The predicted molar refractivity (Wildman–Crippen MR) is 78.5 cm³/mol. The second-order valence-electron chi connectivity index (χ2n) is 4.98. The lowest BCUT2D eigenvalue weighted by Gasteiger charge is -2.17. The fraction of sp³-hybridized carbons (Fsp3) is 0.267. The minimum absolute atomic E-state index is 0.0836. The van der Waals surface area contributed by atoms with Crippen LogP contribution in [0.1, 0.15) is 24.2 Å². The van der Waals surface area contributed by atoms with Crippen LogP contribution < -0.4 is 10.9 Å². The molecule has 2 aromatic rings. The molecule has 0 aromatic carbocycles. The van der Waals surface area contributed by atoms with Crippen molar-refractivity contribution in [2.75, 3.05) is 0 Å². The van der Waals surface area contributed by atoms with Gasteiger partial charge in [-0.1, -0.05) is 0 Å². The standard InChI is InChI=1S/C15H16N2O5/c1-8(15(20)21)9(2)16-13(18)10-5-6-11(17-14(10)19)12-4-3-7-22-12/h3-9H,1-2H3,(H,16,18)(H,17,19)(H,20,21). The van der Waals surface area contributed by atoms with Gasteiger partial charge < -0.3 is 19.8 Å². The Hall–Kier alpha value is -2.83. The highest BCUT2D eigenvalue weighted by Gasteiger charge is 2.22. The van der Waals surface area contributed by atoms with Crippen LogP contribution in [-0.2, 0) is 4.79 Å². The lowest BCUT2D eigenvalue weighted by Crippen LogP contribution is -2.41. The quantitative estimate of drug-likeness (QED) is 0.774. The van der Waals surface area contributed by atoms with E-state index < -0.39 is 29.4 Å². The van der Waals surface area contributed by atoms with Gasteiger partial charge in [-0.25, -0.2) is 0 Å². The largest absolute Gasteiger partial charge is 0.481 e. The highest BCUT2D eigenvalue weighted by molar-refractivity contribution is 5.94. The number of carbonyl (C=O) groups is 2. The summed E-state index contributed by atoms with van der Waals surface area (Å²) < 4.78 is 5.16. The lowest BCUT2D eigenvalue weighted by atomic mass is 10.0. The zero-order chi connectivity index (χ0) is 16.3. The van der Waals surface area contributed by atoms with Crippen LogP contribution in [0.3, 0.4) is 0 Å². The molecule has 1 amide bonds. The molecule has 7 heteroatoms. The van der Waals surface area contributed by atoms with Gasteiger partial charge in [0.2, 0.25) is 0 Å². The van der Waals surface area contributed by atoms with E-state index in [-0.39, 0.29) is 5.56 Å². The molecule has 2 rings (SSSR count). The molecule has 3 N–H and O–H groups in total. The fourth-order valence-corrected chi connectivity index (χ4v) is 1.85. The molecule has 0 spiro atoms. The number of carboxylic acid groups (broad SMARTS) is 1. The Labute approximate surface area is 126 Å². The molecule has 0 fully saturated rings. The molecular weight excluding hydrogens is 288 g/mol. The second-order valence-corrected chi connectivity index (χ2v) is 4.98. The summed E-state index contributed by atoms with van der Waals surface area (Å²) in [7, 11) is 0. The minimum Gasteiger partial charge on any atom is -0.481 e. The van der Waals surface area contributed by atoms with Gasteiger partial charge >= 0.3 is 5.97 Å². The zero-order valence-corrected chi connectivity index (χ0v) is 12.1. The molecule has 7 nitrogen and oxygen atoms in total. The molecule has 0 aliphatic carbocycles. The topological polar surface area (TPSA) is 112 Å². The number of furan rings is 1. The Balaban J connectivity index is 2.17. The lowest BCUT2D eigenvalue weighted by molar-refractivity contribution is -0.141. The summed E-state index contributed by atoms with van der Waals surface area (Å²) in [5.74, 6) is -1.91. The first-order valence-corrected chi connectivity index (χ1v) is 6.71. The van der Waals surface area contributed by atoms with Crippen molar-refractivity contribution in [3.05, 3.63) is 46.4 Å². The Morgan fingerprint density at radius 3 is 2.55 bits per heavy atom. The molecule has 2 aromatic heterocycles. The molecule has 0 aliphatic rings. The maximum absolute atomic E-state index is 12.1. The van der Waals surface area contributed by atoms with Crippen LogP contribution in [0.4, 0.5) is 0 Å². The first-order chi connectivity index (χ1) is 10.4. The van der Waals surface area contributed by atoms with Gasteiger partial charge in [0.15, 0.2) is 0 Å². The van der Waals surface area contributed by atoms with E-state index in [9.17, 15) is 14.4 Å². The van der Waals surface area contributed by atoms with Gasteiger partial charge in [0.05, 0.1) is 17.9 Å². The summed E-state index contributed by atoms with van der Waals surface area (Å²) in [6.07, 6.45) is 1.48. The van der Waals surface area contributed by atoms with Crippen LogP contribution in [0.5, 0.6) is 0 Å². The molecule has 2 unspecified atom stereocenters. The monoisotopic (exact) mass is 304 g/mol. The van der Waals surface area contributed by atoms with Crippen LogP contribution >= 0.6 is 0 Å². The van der Waals surface area contributed by atoms with E-state index in [1.165, 1.54) is 19.3 Å². The van der Waals surface area contributed by atoms with Gasteiger partial charge in [0.1, 0.15) is 11.3 Å². The molecule has 2 atom stereocenters. The van der Waals surface area contributed by atoms with E-state index in [4.69, 9.17) is 9.52 Å². The number of hydrogen-bond acceptors (Lipinski definition) is 4. The molecule has 0 aliphatic heterocycles. The van der Waals surface area contributed by atoms with Gasteiger partial charge in [-0.2, -0.15) is 0 Å². The van der Waals surface area contributed by atoms with Crippen LogP contribution in [0, 0.1) is 5.92 Å². The van der Waals surface area contributed by atoms with Crippen LogP contribution in [0.15, 0.2) is 39.7 Å². The molecule has 0 saturated heterocycles. The van der Waals surface area contributed by atoms with Crippen molar-refractivity contribution in [2.24, 2.45) is 5.92 Å². The van der Waals surface area contributed by atoms with Crippen LogP contribution in [0.25, 0.3) is 11.5 Å². The Kier molecular flexibility index (Phi) is 4.45. The van der Waals surface area contributed by atoms with E-state index in [1.54, 1.807) is 25.1 Å². The number of aromatic amines is 1. The van der Waals surface area contributed by atoms with Gasteiger partial charge in [0, 0.05) is 6.04 Å². The Bertz CT molecular complexity index is 733. The highest BCUT2D eigenvalue weighted by Crippen LogP contribution is 2.15. The third kappa shape index (κ3) is 3.25. The van der Waals surface area contributed by atoms with Gasteiger partial charge in [0.25, 0.3) is 11.5 Å². The van der Waals surface area contributed by atoms with E-state index >= 15 is 0 Å². The minimum atomic E-state index is -1.02. The first kappa shape index (κ1) is 15.6. The maximum Gasteiger partial charge on any atom is 0.308 e. The Morgan fingerprint density at radius 2 is 2.00 bits per heavy atom. The van der Waals surface area contributed by atoms with E-state index in [2.05, 4.69) is 10.3 Å². The van der Waals surface area contributed by atoms with Gasteiger partial charge in [-0.3, -0.25) is 14.4 Å². The zero-order valence-electron chi connectivity index (χ0n) is 12.1. The van der Waals surface area contributed by atoms with Crippen molar-refractivity contribution in [1.29, 1.82) is 0 Å². The SMILES string of the molecule is CC(NC(=O)c1ccc(-c2ccco2)[nH]c1=O)C(C)C(=O)O. The van der Waals surface area contributed by atoms with E-state index in [0.29, 0.717) is 11.5 Å². The van der Waals surface area contributed by atoms with E-state index in [1.807, 2.05) is 0 Å². The fourth-order valence-electron chi connectivity index (χ4n) is 1.85. The molecule has 0 saturated carbocycles. The maximum atomic E-state index is 12.1. The van der Waals surface area contributed by atoms with Crippen LogP contribution in [-0.4, -0.2) is 28.0 Å². The number of carboxylic acids is 1. The van der Waals surface area contributed by atoms with Gasteiger partial charge in [-0.05, 0) is 38.1 Å². The molecule has 22 heavy (non-hydrogen) atoms. The van der Waals surface area contributed by atoms with Crippen molar-refractivity contribution in [1.82, 2.24) is 10.3 Å². The number of H-pyrrole nitrogens is 1. The van der Waals surface area contributed by atoms with Gasteiger partial charge in [-0.15, -0.1) is 0 Å². The van der Waals surface area contributed by atoms with E-state index in [0.717, 1.165) is 0 Å². The number of pyridine rings is 1. The van der Waals surface area contributed by atoms with Crippen LogP contribution in [0.2, 0.25) is 0 Å². The first-order valence-electron chi connectivity index (χ1n) is 6.71. The molecule has 116 valence electrons. The van der Waals surface area contributed by atoms with Crippen molar-refractivity contribution >= 4 is 11.9 Å². The normalized spacial score (nSPS) is 13.4. The molecule has 2 heterocycles. The second kappa shape index (κ2) is 6.30. The Morgan fingerprint density at radius 1 is 1.27 bits per heavy atom. The van der Waals surface area contributed by atoms with Crippen molar-refractivity contribution < 1.29 is 19.1 Å². The molecule has 0 radical (unpaired) electrons. The highest BCUT2D eigenvalue weighted by atomic mass is 16.4. The summed E-state index contributed by atoms with van der Waals surface area (Å²) in [6, 6.07) is 5.70. The number of rotatable bonds is 5. The average molecular weight is 304 g/mol. The molecular formula is C15H16N2O5. The number of hydrogen-bond donors (Lipinski definition) is 3. The number of carbonyl (C=O) groups excluding carboxylic acids is 1. The van der Waals surface area contributed by atoms with Crippen molar-refractivity contribution in [3.8, 4) is 11.5 Å². The van der Waals surface area contributed by atoms with Crippen molar-refractivity contribution in [2.45, 2.75) is 19.9 Å². The third-order valence-electron chi connectivity index (χ3n) is 3.44. The number of nitrogens with one attached hydrogen (secondary N) is 2. The number of aliphatic carboxylic acids is 1. The van der Waals surface area contributed by atoms with Crippen molar-refractivity contribution in [3.63, 3.8) is 0 Å². The summed E-state index contributed by atoms with van der Waals surface area (Å²) >= 11 is 0. The number of aromatic nitrogens is 1. The number of amides is 1. The summed E-state index contributed by atoms with van der Waals surface area (Å²) in [4.78, 5) is 37.5. The predicted octanol–water partition coefficient (Wildman–Crippen LogP) is 1.47. The third-order valence-corrected chi connectivity index (χ3v) is 3.44. The molecule has 0 bridgehead atoms. The summed E-state index contributed by atoms with van der Waals surface area (Å²) in [6.45, 7) is 3.06.